The topological polar surface area (TPSA) is 46.3 Å². The van der Waals surface area contributed by atoms with Gasteiger partial charge in [-0.15, -0.1) is 11.3 Å². The smallest absolute Gasteiger partial charge is 0.265 e. The molecule has 96 valence electrons. The monoisotopic (exact) mass is 262 g/mol. The van der Waals surface area contributed by atoms with Gasteiger partial charge in [0.25, 0.3) is 5.91 Å². The Bertz CT molecular complexity index is 589. The number of nitrogen functional groups attached to an aromatic ring is 1. The zero-order valence-corrected chi connectivity index (χ0v) is 11.8. The number of nitrogens with two attached hydrogens (primary N) is 1. The summed E-state index contributed by atoms with van der Waals surface area (Å²) in [7, 11) is 1.82. The Hall–Kier alpha value is -1.55. The van der Waals surface area contributed by atoms with Crippen LogP contribution in [0.15, 0.2) is 18.2 Å². The molecule has 0 aliphatic heterocycles. The zero-order valence-electron chi connectivity index (χ0n) is 11.0. The summed E-state index contributed by atoms with van der Waals surface area (Å²) in [6.07, 6.45) is 0.950. The number of carbonyl (C=O) groups excluding carboxylic acids is 1. The first-order valence-corrected chi connectivity index (χ1v) is 6.91. The minimum absolute atomic E-state index is 0.0231. The van der Waals surface area contributed by atoms with Gasteiger partial charge in [0.05, 0.1) is 5.69 Å². The number of carbonyl (C=O) groups is 1. The highest BCUT2D eigenvalue weighted by Crippen LogP contribution is 2.36. The number of hydrogen-bond acceptors (Lipinski definition) is 3. The SMILES string of the molecule is CCCN(C)C(=O)c1sc2c(C)cccc2c1N. The first-order valence-electron chi connectivity index (χ1n) is 6.09. The van der Waals surface area contributed by atoms with Gasteiger partial charge in [0.1, 0.15) is 4.88 Å². The Morgan fingerprint density at radius 1 is 1.44 bits per heavy atom. The third-order valence-electron chi connectivity index (χ3n) is 3.05. The number of hydrogen-bond donors (Lipinski definition) is 1. The highest BCUT2D eigenvalue weighted by Gasteiger charge is 2.19. The van der Waals surface area contributed by atoms with E-state index in [9.17, 15) is 4.79 Å². The molecule has 2 aromatic rings. The summed E-state index contributed by atoms with van der Waals surface area (Å²) in [6, 6.07) is 6.00. The van der Waals surface area contributed by atoms with Crippen molar-refractivity contribution < 1.29 is 4.79 Å². The van der Waals surface area contributed by atoms with Crippen molar-refractivity contribution in [3.05, 3.63) is 28.6 Å². The lowest BCUT2D eigenvalue weighted by molar-refractivity contribution is 0.0801. The average Bonchev–Trinajstić information content (AvgIpc) is 2.68. The fourth-order valence-corrected chi connectivity index (χ4v) is 3.23. The Morgan fingerprint density at radius 3 is 2.78 bits per heavy atom. The molecular weight excluding hydrogens is 244 g/mol. The first kappa shape index (κ1) is 12.9. The van der Waals surface area contributed by atoms with Crippen LogP contribution in [0.1, 0.15) is 28.6 Å². The van der Waals surface area contributed by atoms with Crippen LogP contribution in [0.4, 0.5) is 5.69 Å². The highest BCUT2D eigenvalue weighted by atomic mass is 32.1. The van der Waals surface area contributed by atoms with Gasteiger partial charge in [-0.1, -0.05) is 25.1 Å². The van der Waals surface area contributed by atoms with E-state index in [1.807, 2.05) is 32.2 Å². The van der Waals surface area contributed by atoms with Crippen molar-refractivity contribution >= 4 is 33.0 Å². The van der Waals surface area contributed by atoms with Crippen LogP contribution in [-0.4, -0.2) is 24.4 Å². The van der Waals surface area contributed by atoms with Crippen LogP contribution >= 0.6 is 11.3 Å². The molecule has 1 aromatic heterocycles. The number of fused-ring (bicyclic) bond motifs is 1. The van der Waals surface area contributed by atoms with E-state index in [0.29, 0.717) is 10.6 Å². The molecule has 2 N–H and O–H groups in total. The third-order valence-corrected chi connectivity index (χ3v) is 4.40. The second-order valence-electron chi connectivity index (χ2n) is 4.52. The Kier molecular flexibility index (Phi) is 3.57. The minimum atomic E-state index is 0.0231. The van der Waals surface area contributed by atoms with E-state index in [2.05, 4.69) is 6.92 Å². The van der Waals surface area contributed by atoms with Gasteiger partial charge in [-0.05, 0) is 18.9 Å². The van der Waals surface area contributed by atoms with Gasteiger partial charge in [0, 0.05) is 23.7 Å². The summed E-state index contributed by atoms with van der Waals surface area (Å²) in [4.78, 5) is 14.7. The minimum Gasteiger partial charge on any atom is -0.397 e. The van der Waals surface area contributed by atoms with Crippen LogP contribution in [0.5, 0.6) is 0 Å². The van der Waals surface area contributed by atoms with Crippen LogP contribution in [0, 0.1) is 6.92 Å². The van der Waals surface area contributed by atoms with Crippen molar-refractivity contribution in [2.45, 2.75) is 20.3 Å². The Balaban J connectivity index is 2.49. The maximum Gasteiger partial charge on any atom is 0.265 e. The van der Waals surface area contributed by atoms with Gasteiger partial charge >= 0.3 is 0 Å². The first-order chi connectivity index (χ1) is 8.56. The quantitative estimate of drug-likeness (QED) is 0.922. The molecule has 0 saturated carbocycles. The van der Waals surface area contributed by atoms with Crippen molar-refractivity contribution in [3.8, 4) is 0 Å². The van der Waals surface area contributed by atoms with Crippen molar-refractivity contribution in [1.82, 2.24) is 4.90 Å². The second kappa shape index (κ2) is 4.98. The van der Waals surface area contributed by atoms with Gasteiger partial charge in [0.2, 0.25) is 0 Å². The lowest BCUT2D eigenvalue weighted by atomic mass is 10.1. The van der Waals surface area contributed by atoms with Gasteiger partial charge in [-0.25, -0.2) is 0 Å². The molecule has 0 radical (unpaired) electrons. The molecular formula is C14H18N2OS. The third kappa shape index (κ3) is 2.08. The maximum absolute atomic E-state index is 12.3. The second-order valence-corrected chi connectivity index (χ2v) is 5.54. The standard InChI is InChI=1S/C14H18N2OS/c1-4-8-16(3)14(17)13-11(15)10-7-5-6-9(2)12(10)18-13/h5-7H,4,8,15H2,1-3H3. The molecule has 0 bridgehead atoms. The summed E-state index contributed by atoms with van der Waals surface area (Å²) in [5, 5.41) is 0.994. The molecule has 0 saturated heterocycles. The molecule has 0 aliphatic carbocycles. The molecule has 1 aromatic carbocycles. The van der Waals surface area contributed by atoms with Crippen LogP contribution in [0.2, 0.25) is 0 Å². The molecule has 0 spiro atoms. The summed E-state index contributed by atoms with van der Waals surface area (Å²) < 4.78 is 1.11. The van der Waals surface area contributed by atoms with Crippen molar-refractivity contribution in [3.63, 3.8) is 0 Å². The molecule has 0 unspecified atom stereocenters. The summed E-state index contributed by atoms with van der Waals surface area (Å²) in [6.45, 7) is 4.86. The van der Waals surface area contributed by atoms with Crippen molar-refractivity contribution in [2.75, 3.05) is 19.3 Å². The lowest BCUT2D eigenvalue weighted by Crippen LogP contribution is -2.27. The zero-order chi connectivity index (χ0) is 13.3. The number of nitrogens with zero attached hydrogens (tertiary/aromatic N) is 1. The summed E-state index contributed by atoms with van der Waals surface area (Å²) in [5.74, 6) is 0.0231. The van der Waals surface area contributed by atoms with E-state index >= 15 is 0 Å². The van der Waals surface area contributed by atoms with Crippen LogP contribution in [-0.2, 0) is 0 Å². The van der Waals surface area contributed by atoms with Gasteiger partial charge in [-0.2, -0.15) is 0 Å². The van der Waals surface area contributed by atoms with Crippen molar-refractivity contribution in [2.24, 2.45) is 0 Å². The number of rotatable bonds is 3. The van der Waals surface area contributed by atoms with E-state index in [1.165, 1.54) is 16.9 Å². The van der Waals surface area contributed by atoms with Crippen LogP contribution in [0.3, 0.4) is 0 Å². The van der Waals surface area contributed by atoms with Crippen molar-refractivity contribution in [1.29, 1.82) is 0 Å². The van der Waals surface area contributed by atoms with Crippen LogP contribution in [0.25, 0.3) is 10.1 Å². The van der Waals surface area contributed by atoms with E-state index < -0.39 is 0 Å². The Morgan fingerprint density at radius 2 is 2.17 bits per heavy atom. The number of anilines is 1. The van der Waals surface area contributed by atoms with Gasteiger partial charge < -0.3 is 10.6 Å². The lowest BCUT2D eigenvalue weighted by Gasteiger charge is -2.15. The molecule has 4 heteroatoms. The van der Waals surface area contributed by atoms with Gasteiger partial charge in [-0.3, -0.25) is 4.79 Å². The molecule has 1 heterocycles. The molecule has 0 aliphatic rings. The highest BCUT2D eigenvalue weighted by molar-refractivity contribution is 7.21. The van der Waals surface area contributed by atoms with E-state index in [0.717, 1.165) is 23.1 Å². The average molecular weight is 262 g/mol. The normalized spacial score (nSPS) is 10.8. The number of aryl methyl sites for hydroxylation is 1. The molecule has 3 nitrogen and oxygen atoms in total. The number of benzene rings is 1. The van der Waals surface area contributed by atoms with E-state index in [4.69, 9.17) is 5.73 Å². The van der Waals surface area contributed by atoms with E-state index in [-0.39, 0.29) is 5.91 Å². The Labute approximate surface area is 111 Å². The largest absolute Gasteiger partial charge is 0.397 e. The van der Waals surface area contributed by atoms with E-state index in [1.54, 1.807) is 4.90 Å². The summed E-state index contributed by atoms with van der Waals surface area (Å²) >= 11 is 1.50. The molecule has 0 atom stereocenters. The fraction of sp³-hybridized carbons (Fsp3) is 0.357. The predicted molar refractivity (Wildman–Crippen MR) is 78.2 cm³/mol. The number of thiophene rings is 1. The van der Waals surface area contributed by atoms with Crippen LogP contribution < -0.4 is 5.73 Å². The summed E-state index contributed by atoms with van der Waals surface area (Å²) in [5.41, 5.74) is 7.89. The molecule has 2 rings (SSSR count). The predicted octanol–water partition coefficient (Wildman–Crippen LogP) is 3.27. The molecule has 1 amide bonds. The maximum atomic E-state index is 12.3. The fourth-order valence-electron chi connectivity index (χ4n) is 2.05. The molecule has 0 fully saturated rings. The van der Waals surface area contributed by atoms with Gasteiger partial charge in [0.15, 0.2) is 0 Å². The molecule has 18 heavy (non-hydrogen) atoms. The number of amides is 1.